The summed E-state index contributed by atoms with van der Waals surface area (Å²) in [6, 6.07) is 7.55. The van der Waals surface area contributed by atoms with E-state index >= 15 is 0 Å². The molecule has 0 aliphatic carbocycles. The van der Waals surface area contributed by atoms with E-state index < -0.39 is 0 Å². The summed E-state index contributed by atoms with van der Waals surface area (Å²) in [7, 11) is 1.59. The number of nitriles is 1. The smallest absolute Gasteiger partial charge is 0.193 e. The van der Waals surface area contributed by atoms with Crippen LogP contribution in [0.1, 0.15) is 11.3 Å². The number of nitrogens with zero attached hydrogens (tertiary/aromatic N) is 3. The Bertz CT molecular complexity index is 755. The minimum atomic E-state index is 0.545. The Labute approximate surface area is 120 Å². The first kappa shape index (κ1) is 12.5. The predicted octanol–water partition coefficient (Wildman–Crippen LogP) is 2.89. The molecule has 6 heteroatoms. The molecule has 5 nitrogen and oxygen atoms in total. The Balaban J connectivity index is 1.84. The van der Waals surface area contributed by atoms with Crippen LogP contribution in [-0.2, 0) is 6.54 Å². The number of benzene rings is 1. The lowest BCUT2D eigenvalue weighted by molar-refractivity contribution is 0.416. The van der Waals surface area contributed by atoms with Gasteiger partial charge in [-0.05, 0) is 12.1 Å². The Hall–Kier alpha value is -2.52. The van der Waals surface area contributed by atoms with Gasteiger partial charge in [0.15, 0.2) is 4.96 Å². The van der Waals surface area contributed by atoms with Gasteiger partial charge in [0, 0.05) is 17.8 Å². The van der Waals surface area contributed by atoms with Crippen LogP contribution in [0.3, 0.4) is 0 Å². The van der Waals surface area contributed by atoms with Crippen molar-refractivity contribution in [2.45, 2.75) is 6.54 Å². The zero-order valence-corrected chi connectivity index (χ0v) is 11.6. The summed E-state index contributed by atoms with van der Waals surface area (Å²) in [4.78, 5) is 5.45. The molecule has 0 atom stereocenters. The number of methoxy groups -OCH3 is 1. The third-order valence-corrected chi connectivity index (χ3v) is 3.73. The van der Waals surface area contributed by atoms with Gasteiger partial charge in [0.1, 0.15) is 11.8 Å². The summed E-state index contributed by atoms with van der Waals surface area (Å²) in [5.41, 5.74) is 2.19. The molecule has 0 saturated carbocycles. The SMILES string of the molecule is COc1cccc(C#N)c1NCc1cn2ccsc2n1. The molecule has 0 bridgehead atoms. The zero-order chi connectivity index (χ0) is 13.9. The normalized spacial score (nSPS) is 10.4. The number of fused-ring (bicyclic) bond motifs is 1. The van der Waals surface area contributed by atoms with Crippen LogP contribution < -0.4 is 10.1 Å². The number of hydrogen-bond acceptors (Lipinski definition) is 5. The highest BCUT2D eigenvalue weighted by Crippen LogP contribution is 2.28. The molecule has 3 aromatic rings. The Kier molecular flexibility index (Phi) is 3.27. The molecule has 1 aromatic carbocycles. The maximum atomic E-state index is 9.15. The van der Waals surface area contributed by atoms with E-state index in [-0.39, 0.29) is 0 Å². The van der Waals surface area contributed by atoms with Gasteiger partial charge in [0.2, 0.25) is 0 Å². The van der Waals surface area contributed by atoms with Crippen molar-refractivity contribution in [1.82, 2.24) is 9.38 Å². The first-order valence-corrected chi connectivity index (χ1v) is 6.92. The summed E-state index contributed by atoms with van der Waals surface area (Å²) in [5.74, 6) is 0.657. The summed E-state index contributed by atoms with van der Waals surface area (Å²) in [6.45, 7) is 0.545. The maximum absolute atomic E-state index is 9.15. The first-order valence-electron chi connectivity index (χ1n) is 6.04. The van der Waals surface area contributed by atoms with E-state index in [1.165, 1.54) is 0 Å². The summed E-state index contributed by atoms with van der Waals surface area (Å²) >= 11 is 1.59. The minimum Gasteiger partial charge on any atom is -0.495 e. The average Bonchev–Trinajstić information content (AvgIpc) is 3.05. The van der Waals surface area contributed by atoms with Crippen molar-refractivity contribution in [1.29, 1.82) is 5.26 Å². The van der Waals surface area contributed by atoms with Crippen LogP contribution in [-0.4, -0.2) is 16.5 Å². The molecule has 20 heavy (non-hydrogen) atoms. The van der Waals surface area contributed by atoms with Gasteiger partial charge < -0.3 is 10.1 Å². The molecule has 0 amide bonds. The summed E-state index contributed by atoms with van der Waals surface area (Å²) in [6.07, 6.45) is 3.95. The second-order valence-electron chi connectivity index (χ2n) is 4.17. The molecule has 0 fully saturated rings. The lowest BCUT2D eigenvalue weighted by atomic mass is 10.1. The number of aromatic nitrogens is 2. The number of imidazole rings is 1. The van der Waals surface area contributed by atoms with E-state index in [9.17, 15) is 0 Å². The lowest BCUT2D eigenvalue weighted by Crippen LogP contribution is -2.03. The molecule has 0 aliphatic heterocycles. The number of hydrogen-bond donors (Lipinski definition) is 1. The van der Waals surface area contributed by atoms with Gasteiger partial charge in [-0.15, -0.1) is 11.3 Å². The molecule has 0 spiro atoms. The van der Waals surface area contributed by atoms with E-state index in [4.69, 9.17) is 10.00 Å². The molecule has 3 rings (SSSR count). The van der Waals surface area contributed by atoms with Gasteiger partial charge in [-0.3, -0.25) is 4.40 Å². The fourth-order valence-electron chi connectivity index (χ4n) is 2.02. The molecule has 100 valence electrons. The molecule has 0 radical (unpaired) electrons. The summed E-state index contributed by atoms with van der Waals surface area (Å²) < 4.78 is 7.26. The van der Waals surface area contributed by atoms with Crippen molar-refractivity contribution in [2.75, 3.05) is 12.4 Å². The molecule has 1 N–H and O–H groups in total. The van der Waals surface area contributed by atoms with Gasteiger partial charge in [-0.2, -0.15) is 5.26 Å². The highest BCUT2D eigenvalue weighted by Gasteiger charge is 2.09. The third-order valence-electron chi connectivity index (χ3n) is 2.96. The molecule has 2 aromatic heterocycles. The van der Waals surface area contributed by atoms with E-state index in [1.54, 1.807) is 30.6 Å². The number of thiazole rings is 1. The van der Waals surface area contributed by atoms with Crippen LogP contribution in [0.15, 0.2) is 36.0 Å². The van der Waals surface area contributed by atoms with E-state index in [0.717, 1.165) is 10.7 Å². The van der Waals surface area contributed by atoms with Crippen LogP contribution in [0.4, 0.5) is 5.69 Å². The van der Waals surface area contributed by atoms with E-state index in [0.29, 0.717) is 23.5 Å². The topological polar surface area (TPSA) is 62.3 Å². The van der Waals surface area contributed by atoms with Crippen molar-refractivity contribution >= 4 is 22.0 Å². The first-order chi connectivity index (χ1) is 9.81. The number of anilines is 1. The highest BCUT2D eigenvalue weighted by molar-refractivity contribution is 7.15. The number of rotatable bonds is 4. The quantitative estimate of drug-likeness (QED) is 0.800. The average molecular weight is 284 g/mol. The van der Waals surface area contributed by atoms with Crippen LogP contribution in [0.5, 0.6) is 5.75 Å². The minimum absolute atomic E-state index is 0.545. The standard InChI is InChI=1S/C14H12N4OS/c1-19-12-4-2-3-10(7-15)13(12)16-8-11-9-18-5-6-20-14(18)17-11/h2-6,9,16H,8H2,1H3. The zero-order valence-electron chi connectivity index (χ0n) is 10.8. The fraction of sp³-hybridized carbons (Fsp3) is 0.143. The van der Waals surface area contributed by atoms with Crippen molar-refractivity contribution in [2.24, 2.45) is 0 Å². The molecular weight excluding hydrogens is 272 g/mol. The van der Waals surface area contributed by atoms with Crippen LogP contribution in [0.2, 0.25) is 0 Å². The Morgan fingerprint density at radius 3 is 3.15 bits per heavy atom. The number of nitrogens with one attached hydrogen (secondary N) is 1. The monoisotopic (exact) mass is 284 g/mol. The molecule has 0 aliphatic rings. The van der Waals surface area contributed by atoms with Crippen molar-refractivity contribution in [3.05, 3.63) is 47.2 Å². The van der Waals surface area contributed by atoms with E-state index in [2.05, 4.69) is 16.4 Å². The Morgan fingerprint density at radius 2 is 2.40 bits per heavy atom. The van der Waals surface area contributed by atoms with Crippen LogP contribution in [0, 0.1) is 11.3 Å². The van der Waals surface area contributed by atoms with E-state index in [1.807, 2.05) is 28.2 Å². The second-order valence-corrected chi connectivity index (χ2v) is 5.05. The van der Waals surface area contributed by atoms with Gasteiger partial charge >= 0.3 is 0 Å². The van der Waals surface area contributed by atoms with Crippen LogP contribution in [0.25, 0.3) is 4.96 Å². The fourth-order valence-corrected chi connectivity index (χ4v) is 2.74. The van der Waals surface area contributed by atoms with Crippen LogP contribution >= 0.6 is 11.3 Å². The van der Waals surface area contributed by atoms with Gasteiger partial charge in [-0.1, -0.05) is 6.07 Å². The second kappa shape index (κ2) is 5.23. The van der Waals surface area contributed by atoms with Gasteiger partial charge in [0.05, 0.1) is 30.6 Å². The number of para-hydroxylation sites is 1. The lowest BCUT2D eigenvalue weighted by Gasteiger charge is -2.11. The Morgan fingerprint density at radius 1 is 1.50 bits per heavy atom. The maximum Gasteiger partial charge on any atom is 0.193 e. The van der Waals surface area contributed by atoms with Gasteiger partial charge in [-0.25, -0.2) is 4.98 Å². The largest absolute Gasteiger partial charge is 0.495 e. The summed E-state index contributed by atoms with van der Waals surface area (Å²) in [5, 5.41) is 14.4. The predicted molar refractivity (Wildman–Crippen MR) is 78.1 cm³/mol. The van der Waals surface area contributed by atoms with Gasteiger partial charge in [0.25, 0.3) is 0 Å². The molecular formula is C14H12N4OS. The molecule has 0 saturated heterocycles. The molecule has 0 unspecified atom stereocenters. The number of ether oxygens (including phenoxy) is 1. The van der Waals surface area contributed by atoms with Crippen molar-refractivity contribution in [3.8, 4) is 11.8 Å². The third kappa shape index (κ3) is 2.19. The van der Waals surface area contributed by atoms with Crippen molar-refractivity contribution < 1.29 is 4.74 Å². The van der Waals surface area contributed by atoms with Crippen molar-refractivity contribution in [3.63, 3.8) is 0 Å². The highest BCUT2D eigenvalue weighted by atomic mass is 32.1. The molecule has 2 heterocycles.